The van der Waals surface area contributed by atoms with Gasteiger partial charge in [-0.25, -0.2) is 5.01 Å². The van der Waals surface area contributed by atoms with Crippen molar-refractivity contribution >= 4 is 45.3 Å². The van der Waals surface area contributed by atoms with Crippen molar-refractivity contribution in [1.29, 1.82) is 0 Å². The van der Waals surface area contributed by atoms with Crippen molar-refractivity contribution in [3.05, 3.63) is 63.6 Å². The normalized spacial score (nSPS) is 15.5. The first kappa shape index (κ1) is 16.0. The summed E-state index contributed by atoms with van der Waals surface area (Å²) in [7, 11) is -2.05. The topological polar surface area (TPSA) is 62.1 Å². The molecule has 1 aliphatic heterocycles. The van der Waals surface area contributed by atoms with Gasteiger partial charge >= 0.3 is 0 Å². The molecule has 0 aromatic heterocycles. The standard InChI is InChI=1S/C15H11Cl2N3O2S/c1-20(18-9-10-6-7-11(16)8-13(10)17)15-12-4-2-3-5-14(12)23(21,22)19-15/h2-9H,1H3. The van der Waals surface area contributed by atoms with Gasteiger partial charge in [0, 0.05) is 23.2 Å². The van der Waals surface area contributed by atoms with Gasteiger partial charge in [-0.2, -0.15) is 13.5 Å². The average molecular weight is 368 g/mol. The highest BCUT2D eigenvalue weighted by atomic mass is 35.5. The number of benzene rings is 2. The van der Waals surface area contributed by atoms with E-state index >= 15 is 0 Å². The lowest BCUT2D eigenvalue weighted by Crippen LogP contribution is -2.21. The highest BCUT2D eigenvalue weighted by Crippen LogP contribution is 2.27. The third-order valence-corrected chi connectivity index (χ3v) is 5.14. The largest absolute Gasteiger partial charge is 0.285 e. The van der Waals surface area contributed by atoms with E-state index in [-0.39, 0.29) is 10.7 Å². The van der Waals surface area contributed by atoms with E-state index in [9.17, 15) is 8.42 Å². The smallest absolute Gasteiger partial charge is 0.250 e. The third kappa shape index (κ3) is 3.10. The summed E-state index contributed by atoms with van der Waals surface area (Å²) in [6, 6.07) is 11.7. The molecule has 0 unspecified atom stereocenters. The van der Waals surface area contributed by atoms with Crippen LogP contribution in [0.4, 0.5) is 0 Å². The molecule has 8 heteroatoms. The van der Waals surface area contributed by atoms with Gasteiger partial charge in [-0.1, -0.05) is 41.4 Å². The van der Waals surface area contributed by atoms with E-state index in [1.54, 1.807) is 43.4 Å². The molecule has 0 saturated carbocycles. The van der Waals surface area contributed by atoms with Crippen molar-refractivity contribution in [2.45, 2.75) is 4.90 Å². The van der Waals surface area contributed by atoms with Crippen molar-refractivity contribution in [2.24, 2.45) is 9.50 Å². The molecule has 0 bridgehead atoms. The van der Waals surface area contributed by atoms with Gasteiger partial charge in [-0.05, 0) is 24.3 Å². The van der Waals surface area contributed by atoms with Crippen LogP contribution in [0.25, 0.3) is 0 Å². The molecule has 23 heavy (non-hydrogen) atoms. The summed E-state index contributed by atoms with van der Waals surface area (Å²) < 4.78 is 27.8. The van der Waals surface area contributed by atoms with Gasteiger partial charge in [0.25, 0.3) is 10.0 Å². The number of hydrogen-bond donors (Lipinski definition) is 0. The van der Waals surface area contributed by atoms with Gasteiger partial charge in [0.15, 0.2) is 5.84 Å². The first-order chi connectivity index (χ1) is 10.9. The molecule has 0 radical (unpaired) electrons. The molecule has 2 aromatic rings. The summed E-state index contributed by atoms with van der Waals surface area (Å²) in [5.41, 5.74) is 1.19. The SMILES string of the molecule is CN(N=Cc1ccc(Cl)cc1Cl)C1=NS(=O)(=O)c2ccccc21. The lowest BCUT2D eigenvalue weighted by molar-refractivity contribution is 0.549. The van der Waals surface area contributed by atoms with E-state index in [0.29, 0.717) is 21.2 Å². The maximum absolute atomic E-state index is 12.0. The predicted molar refractivity (Wildman–Crippen MR) is 92.0 cm³/mol. The molecule has 0 atom stereocenters. The molecule has 0 N–H and O–H groups in total. The number of fused-ring (bicyclic) bond motifs is 1. The molecular formula is C15H11Cl2N3O2S. The Morgan fingerprint density at radius 2 is 1.91 bits per heavy atom. The second-order valence-corrected chi connectivity index (χ2v) is 7.24. The van der Waals surface area contributed by atoms with Crippen LogP contribution in [-0.4, -0.2) is 32.5 Å². The predicted octanol–water partition coefficient (Wildman–Crippen LogP) is 3.41. The molecule has 3 rings (SSSR count). The Morgan fingerprint density at radius 1 is 1.17 bits per heavy atom. The molecule has 0 spiro atoms. The van der Waals surface area contributed by atoms with Crippen LogP contribution < -0.4 is 0 Å². The first-order valence-corrected chi connectivity index (χ1v) is 8.75. The number of hydrazone groups is 1. The summed E-state index contributed by atoms with van der Waals surface area (Å²) in [4.78, 5) is 0.182. The minimum atomic E-state index is -3.67. The van der Waals surface area contributed by atoms with E-state index in [1.807, 2.05) is 0 Å². The van der Waals surface area contributed by atoms with Crippen molar-refractivity contribution < 1.29 is 8.42 Å². The second-order valence-electron chi connectivity index (χ2n) is 4.82. The fourth-order valence-corrected chi connectivity index (χ4v) is 3.82. The highest BCUT2D eigenvalue weighted by molar-refractivity contribution is 7.90. The lowest BCUT2D eigenvalue weighted by atomic mass is 10.2. The van der Waals surface area contributed by atoms with Crippen molar-refractivity contribution in [3.8, 4) is 0 Å². The fourth-order valence-electron chi connectivity index (χ4n) is 2.13. The highest BCUT2D eigenvalue weighted by Gasteiger charge is 2.30. The monoisotopic (exact) mass is 367 g/mol. The van der Waals surface area contributed by atoms with Crippen LogP contribution in [0.5, 0.6) is 0 Å². The zero-order valence-electron chi connectivity index (χ0n) is 11.9. The summed E-state index contributed by atoms with van der Waals surface area (Å²) in [5.74, 6) is 0.266. The molecule has 2 aromatic carbocycles. The van der Waals surface area contributed by atoms with Gasteiger partial charge in [-0.3, -0.25) is 0 Å². The molecule has 118 valence electrons. The molecule has 1 heterocycles. The van der Waals surface area contributed by atoms with E-state index < -0.39 is 10.0 Å². The maximum Gasteiger partial charge on any atom is 0.285 e. The molecular weight excluding hydrogens is 357 g/mol. The summed E-state index contributed by atoms with van der Waals surface area (Å²) in [6.45, 7) is 0. The van der Waals surface area contributed by atoms with Crippen LogP contribution in [0.3, 0.4) is 0 Å². The Kier molecular flexibility index (Phi) is 4.14. The van der Waals surface area contributed by atoms with Gasteiger partial charge in [0.05, 0.1) is 11.2 Å². The quantitative estimate of drug-likeness (QED) is 0.603. The van der Waals surface area contributed by atoms with Gasteiger partial charge in [-0.15, -0.1) is 4.40 Å². The Balaban J connectivity index is 1.93. The Labute approximate surface area is 143 Å². The number of halogens is 2. The van der Waals surface area contributed by atoms with Crippen LogP contribution in [0, 0.1) is 0 Å². The van der Waals surface area contributed by atoms with E-state index in [1.165, 1.54) is 17.3 Å². The second kappa shape index (κ2) is 5.96. The van der Waals surface area contributed by atoms with Gasteiger partial charge in [0.2, 0.25) is 0 Å². The van der Waals surface area contributed by atoms with Crippen LogP contribution in [-0.2, 0) is 10.0 Å². The number of nitrogens with zero attached hydrogens (tertiary/aromatic N) is 3. The maximum atomic E-state index is 12.0. The summed E-state index contributed by atoms with van der Waals surface area (Å²) in [6.07, 6.45) is 1.52. The molecule has 1 aliphatic rings. The van der Waals surface area contributed by atoms with Crippen LogP contribution in [0.1, 0.15) is 11.1 Å². The zero-order chi connectivity index (χ0) is 16.6. The van der Waals surface area contributed by atoms with Crippen LogP contribution in [0.2, 0.25) is 10.0 Å². The minimum Gasteiger partial charge on any atom is -0.250 e. The Morgan fingerprint density at radius 3 is 2.65 bits per heavy atom. The van der Waals surface area contributed by atoms with Crippen molar-refractivity contribution in [3.63, 3.8) is 0 Å². The summed E-state index contributed by atoms with van der Waals surface area (Å²) >= 11 is 11.9. The van der Waals surface area contributed by atoms with E-state index in [2.05, 4.69) is 9.50 Å². The fraction of sp³-hybridized carbons (Fsp3) is 0.0667. The van der Waals surface area contributed by atoms with Crippen molar-refractivity contribution in [2.75, 3.05) is 7.05 Å². The molecule has 5 nitrogen and oxygen atoms in total. The molecule has 0 aliphatic carbocycles. The lowest BCUT2D eigenvalue weighted by Gasteiger charge is -2.12. The number of amidine groups is 1. The zero-order valence-corrected chi connectivity index (χ0v) is 14.3. The number of sulfonamides is 1. The van der Waals surface area contributed by atoms with Gasteiger partial charge < -0.3 is 0 Å². The molecule has 0 saturated heterocycles. The van der Waals surface area contributed by atoms with Gasteiger partial charge in [0.1, 0.15) is 4.90 Å². The Bertz CT molecular complexity index is 939. The number of hydrogen-bond acceptors (Lipinski definition) is 4. The molecule has 0 fully saturated rings. The van der Waals surface area contributed by atoms with Crippen LogP contribution >= 0.6 is 23.2 Å². The van der Waals surface area contributed by atoms with E-state index in [4.69, 9.17) is 23.2 Å². The minimum absolute atomic E-state index is 0.182. The Hall–Kier alpha value is -1.89. The van der Waals surface area contributed by atoms with Crippen molar-refractivity contribution in [1.82, 2.24) is 5.01 Å². The third-order valence-electron chi connectivity index (χ3n) is 3.25. The van der Waals surface area contributed by atoms with Crippen LogP contribution in [0.15, 0.2) is 56.9 Å². The molecule has 0 amide bonds. The summed E-state index contributed by atoms with van der Waals surface area (Å²) in [5, 5.41) is 6.60. The number of rotatable bonds is 2. The van der Waals surface area contributed by atoms with E-state index in [0.717, 1.165) is 0 Å². The first-order valence-electron chi connectivity index (χ1n) is 6.55. The average Bonchev–Trinajstić information content (AvgIpc) is 2.78.